The summed E-state index contributed by atoms with van der Waals surface area (Å²) in [5, 5.41) is 0. The zero-order valence-electron chi connectivity index (χ0n) is 33.3. The van der Waals surface area contributed by atoms with Crippen molar-refractivity contribution in [3.63, 3.8) is 0 Å². The van der Waals surface area contributed by atoms with Gasteiger partial charge in [-0.3, -0.25) is 0 Å². The predicted molar refractivity (Wildman–Crippen MR) is 247 cm³/mol. The number of benzene rings is 9. The van der Waals surface area contributed by atoms with Crippen LogP contribution >= 0.6 is 0 Å². The lowest BCUT2D eigenvalue weighted by molar-refractivity contribution is 0.563. The molecule has 2 aliphatic carbocycles. The molecule has 0 radical (unpaired) electrons. The smallest absolute Gasteiger partial charge is 0.0719 e. The van der Waals surface area contributed by atoms with Crippen molar-refractivity contribution in [3.8, 4) is 44.5 Å². The zero-order valence-corrected chi connectivity index (χ0v) is 33.3. The summed E-state index contributed by atoms with van der Waals surface area (Å²) in [4.78, 5) is 2.36. The van der Waals surface area contributed by atoms with Gasteiger partial charge >= 0.3 is 0 Å². The second-order valence-corrected chi connectivity index (χ2v) is 16.5. The van der Waals surface area contributed by atoms with E-state index >= 15 is 0 Å². The van der Waals surface area contributed by atoms with E-state index in [1.807, 2.05) is 0 Å². The molecule has 0 aromatic heterocycles. The number of hydrogen-bond donors (Lipinski definition) is 0. The van der Waals surface area contributed by atoms with Crippen molar-refractivity contribution in [3.05, 3.63) is 258 Å². The molecule has 0 atom stereocenters. The maximum absolute atomic E-state index is 2.44. The van der Waals surface area contributed by atoms with Crippen LogP contribution in [0.1, 0.15) is 47.2 Å². The van der Waals surface area contributed by atoms with E-state index in [0.29, 0.717) is 0 Å². The van der Waals surface area contributed by atoms with E-state index in [2.05, 4.69) is 243 Å². The lowest BCUT2D eigenvalue weighted by Crippen LogP contribution is -2.40. The Morgan fingerprint density at radius 1 is 0.271 bits per heavy atom. The van der Waals surface area contributed by atoms with Crippen molar-refractivity contribution in [1.29, 1.82) is 0 Å². The van der Waals surface area contributed by atoms with Crippen LogP contribution in [0.2, 0.25) is 0 Å². The molecule has 0 saturated carbocycles. The van der Waals surface area contributed by atoms with Gasteiger partial charge in [-0.25, -0.2) is 0 Å². The molecule has 59 heavy (non-hydrogen) atoms. The molecule has 0 amide bonds. The van der Waals surface area contributed by atoms with E-state index in [9.17, 15) is 0 Å². The highest BCUT2D eigenvalue weighted by molar-refractivity contribution is 5.91. The molecule has 1 spiro atoms. The van der Waals surface area contributed by atoms with Gasteiger partial charge in [0.25, 0.3) is 0 Å². The van der Waals surface area contributed by atoms with Crippen molar-refractivity contribution >= 4 is 17.1 Å². The Kier molecular flexibility index (Phi) is 8.13. The van der Waals surface area contributed by atoms with Crippen LogP contribution in [0, 0.1) is 0 Å². The first-order chi connectivity index (χ1) is 29.0. The highest BCUT2D eigenvalue weighted by Crippen LogP contribution is 2.62. The first-order valence-electron chi connectivity index (χ1n) is 20.7. The lowest BCUT2D eigenvalue weighted by atomic mass is 9.55. The van der Waals surface area contributed by atoms with Gasteiger partial charge in [-0.15, -0.1) is 0 Å². The lowest BCUT2D eigenvalue weighted by Gasteiger charge is -2.46. The summed E-state index contributed by atoms with van der Waals surface area (Å²) in [6, 6.07) is 82.7. The van der Waals surface area contributed by atoms with E-state index in [1.165, 1.54) is 77.9 Å². The van der Waals surface area contributed by atoms with Crippen molar-refractivity contribution in [1.82, 2.24) is 0 Å². The molecule has 9 aromatic carbocycles. The van der Waals surface area contributed by atoms with Gasteiger partial charge in [0, 0.05) is 22.5 Å². The van der Waals surface area contributed by atoms with Crippen LogP contribution in [0.4, 0.5) is 17.1 Å². The van der Waals surface area contributed by atoms with Crippen LogP contribution in [-0.2, 0) is 10.8 Å². The molecule has 0 saturated heterocycles. The maximum atomic E-state index is 2.44. The average Bonchev–Trinajstić information content (AvgIpc) is 3.60. The summed E-state index contributed by atoms with van der Waals surface area (Å²) < 4.78 is 0. The number of anilines is 3. The third-order valence-corrected chi connectivity index (χ3v) is 13.0. The Hall–Kier alpha value is -7.22. The summed E-state index contributed by atoms with van der Waals surface area (Å²) in [6.45, 7) is 4.76. The van der Waals surface area contributed by atoms with E-state index in [-0.39, 0.29) is 10.8 Å². The Labute approximate surface area is 347 Å². The summed E-state index contributed by atoms with van der Waals surface area (Å²) >= 11 is 0. The Balaban J connectivity index is 1.01. The molecule has 0 heterocycles. The van der Waals surface area contributed by atoms with Gasteiger partial charge in [-0.2, -0.15) is 0 Å². The van der Waals surface area contributed by atoms with E-state index in [0.717, 1.165) is 17.1 Å². The van der Waals surface area contributed by atoms with Gasteiger partial charge in [-0.1, -0.05) is 196 Å². The maximum Gasteiger partial charge on any atom is 0.0719 e. The molecule has 0 fully saturated rings. The second-order valence-electron chi connectivity index (χ2n) is 16.5. The minimum atomic E-state index is -0.385. The number of hydrogen-bond acceptors (Lipinski definition) is 1. The number of fused-ring (bicyclic) bond motifs is 9. The van der Waals surface area contributed by atoms with E-state index in [4.69, 9.17) is 0 Å². The van der Waals surface area contributed by atoms with Crippen LogP contribution in [0.25, 0.3) is 44.5 Å². The largest absolute Gasteiger partial charge is 0.311 e. The van der Waals surface area contributed by atoms with Crippen molar-refractivity contribution in [2.75, 3.05) is 4.90 Å². The second kappa shape index (κ2) is 13.7. The Bertz CT molecular complexity index is 2840. The minimum Gasteiger partial charge on any atom is -0.311 e. The molecule has 1 nitrogen and oxygen atoms in total. The molecule has 2 aliphatic rings. The average molecular weight is 754 g/mol. The van der Waals surface area contributed by atoms with Crippen LogP contribution in [0.3, 0.4) is 0 Å². The number of nitrogens with zero attached hydrogens (tertiary/aromatic N) is 1. The van der Waals surface area contributed by atoms with Crippen molar-refractivity contribution in [2.45, 2.75) is 24.7 Å². The SMILES string of the molecule is CC1(C)c2ccccc2C2(c3ccccc3-c3cc(-c4ccc(N(c5ccc(-c6ccccc6)cc5)c5ccc(-c6ccccc6)cc5)cc4)ccc32)c2ccccc21. The fourth-order valence-corrected chi connectivity index (χ4v) is 10.2. The van der Waals surface area contributed by atoms with Crippen LogP contribution in [0.5, 0.6) is 0 Å². The Morgan fingerprint density at radius 3 is 1.08 bits per heavy atom. The van der Waals surface area contributed by atoms with Gasteiger partial charge in [0.2, 0.25) is 0 Å². The molecular weight excluding hydrogens is 711 g/mol. The standard InChI is InChI=1S/C58H43N/c1-57(2)53-21-11-13-23-55(53)58(56-24-14-12-22-54(56)57)51-20-10-9-19-49(51)50-39-45(31-38-52(50)58)44-29-36-48(37-30-44)59(46-32-25-42(26-33-46)40-15-5-3-6-16-40)47-34-27-43(28-35-47)41-17-7-4-8-18-41/h3-39H,1-2H3. The van der Waals surface area contributed by atoms with Crippen molar-refractivity contribution in [2.24, 2.45) is 0 Å². The zero-order chi connectivity index (χ0) is 39.6. The van der Waals surface area contributed by atoms with Gasteiger partial charge in [-0.05, 0) is 120 Å². The first-order valence-corrected chi connectivity index (χ1v) is 20.7. The summed E-state index contributed by atoms with van der Waals surface area (Å²) in [5.74, 6) is 0. The molecule has 11 rings (SSSR count). The molecular formula is C58H43N. The van der Waals surface area contributed by atoms with Gasteiger partial charge in [0.15, 0.2) is 0 Å². The van der Waals surface area contributed by atoms with Crippen LogP contribution in [0.15, 0.2) is 224 Å². The first kappa shape index (κ1) is 35.0. The highest BCUT2D eigenvalue weighted by atomic mass is 15.1. The van der Waals surface area contributed by atoms with Gasteiger partial charge in [0.05, 0.1) is 5.41 Å². The topological polar surface area (TPSA) is 3.24 Å². The quantitative estimate of drug-likeness (QED) is 0.163. The summed E-state index contributed by atoms with van der Waals surface area (Å²) in [7, 11) is 0. The normalized spacial score (nSPS) is 13.9. The third-order valence-electron chi connectivity index (χ3n) is 13.0. The Morgan fingerprint density at radius 2 is 0.610 bits per heavy atom. The summed E-state index contributed by atoms with van der Waals surface area (Å²) in [5.41, 5.74) is 21.0. The molecule has 0 aliphatic heterocycles. The fraction of sp³-hybridized carbons (Fsp3) is 0.0690. The third kappa shape index (κ3) is 5.46. The molecule has 0 N–H and O–H groups in total. The molecule has 0 bridgehead atoms. The molecule has 1 heteroatoms. The fourth-order valence-electron chi connectivity index (χ4n) is 10.2. The predicted octanol–water partition coefficient (Wildman–Crippen LogP) is 15.2. The van der Waals surface area contributed by atoms with Gasteiger partial charge < -0.3 is 4.90 Å². The summed E-state index contributed by atoms with van der Waals surface area (Å²) in [6.07, 6.45) is 0. The van der Waals surface area contributed by atoms with Gasteiger partial charge in [0.1, 0.15) is 0 Å². The molecule has 280 valence electrons. The van der Waals surface area contributed by atoms with E-state index < -0.39 is 0 Å². The van der Waals surface area contributed by atoms with Crippen LogP contribution < -0.4 is 4.90 Å². The number of rotatable bonds is 6. The molecule has 9 aromatic rings. The monoisotopic (exact) mass is 753 g/mol. The van der Waals surface area contributed by atoms with E-state index in [1.54, 1.807) is 0 Å². The molecule has 0 unspecified atom stereocenters. The minimum absolute atomic E-state index is 0.112. The highest BCUT2D eigenvalue weighted by Gasteiger charge is 2.53. The van der Waals surface area contributed by atoms with Crippen LogP contribution in [-0.4, -0.2) is 0 Å². The van der Waals surface area contributed by atoms with Crippen molar-refractivity contribution < 1.29 is 0 Å².